The van der Waals surface area contributed by atoms with Gasteiger partial charge in [0, 0.05) is 17.8 Å². The van der Waals surface area contributed by atoms with Crippen LogP contribution in [0.5, 0.6) is 5.75 Å². The third kappa shape index (κ3) is 3.59. The van der Waals surface area contributed by atoms with Crippen molar-refractivity contribution in [1.29, 1.82) is 0 Å². The summed E-state index contributed by atoms with van der Waals surface area (Å²) in [4.78, 5) is 15.7. The third-order valence-electron chi connectivity index (χ3n) is 2.57. The average molecular weight is 289 g/mol. The van der Waals surface area contributed by atoms with Crippen LogP contribution in [0.4, 0.5) is 5.69 Å². The molecule has 20 heavy (non-hydrogen) atoms. The van der Waals surface area contributed by atoms with Crippen LogP contribution in [0.15, 0.2) is 48.7 Å². The van der Waals surface area contributed by atoms with Crippen molar-refractivity contribution >= 4 is 29.3 Å². The Morgan fingerprint density at radius 1 is 1.30 bits per heavy atom. The Bertz CT molecular complexity index is 641. The number of pyridine rings is 1. The van der Waals surface area contributed by atoms with Crippen LogP contribution in [0.3, 0.4) is 0 Å². The minimum atomic E-state index is -0.286. The van der Waals surface area contributed by atoms with Gasteiger partial charge in [0.15, 0.2) is 5.15 Å². The highest BCUT2D eigenvalue weighted by Crippen LogP contribution is 2.19. The highest BCUT2D eigenvalue weighted by molar-refractivity contribution is 6.32. The molecule has 0 atom stereocenters. The number of benzene rings is 1. The molecule has 0 saturated carbocycles. The molecule has 0 saturated heterocycles. The Labute approximate surface area is 122 Å². The molecule has 0 radical (unpaired) electrons. The molecule has 1 heterocycles. The van der Waals surface area contributed by atoms with E-state index in [0.717, 1.165) is 5.56 Å². The van der Waals surface area contributed by atoms with Crippen molar-refractivity contribution in [2.75, 3.05) is 12.4 Å². The molecule has 102 valence electrons. The highest BCUT2D eigenvalue weighted by atomic mass is 35.5. The fourth-order valence-electron chi connectivity index (χ4n) is 1.62. The van der Waals surface area contributed by atoms with E-state index >= 15 is 0 Å². The molecular weight excluding hydrogens is 276 g/mol. The molecule has 2 aromatic rings. The summed E-state index contributed by atoms with van der Waals surface area (Å²) in [6, 6.07) is 10.8. The maximum atomic E-state index is 11.8. The second-order valence-electron chi connectivity index (χ2n) is 3.91. The molecule has 1 aromatic heterocycles. The number of aromatic nitrogens is 1. The normalized spacial score (nSPS) is 10.5. The number of rotatable bonds is 4. The maximum Gasteiger partial charge on any atom is 0.248 e. The largest absolute Gasteiger partial charge is 0.496 e. The van der Waals surface area contributed by atoms with Gasteiger partial charge in [0.25, 0.3) is 0 Å². The highest BCUT2D eigenvalue weighted by Gasteiger charge is 2.03. The number of para-hydroxylation sites is 1. The SMILES string of the molecule is COc1ccccc1/C=C/C(=O)Nc1cccnc1Cl. The van der Waals surface area contributed by atoms with E-state index in [1.807, 2.05) is 24.3 Å². The number of hydrogen-bond acceptors (Lipinski definition) is 3. The van der Waals surface area contributed by atoms with Gasteiger partial charge in [0.2, 0.25) is 5.91 Å². The summed E-state index contributed by atoms with van der Waals surface area (Å²) in [5.74, 6) is 0.418. The van der Waals surface area contributed by atoms with Crippen molar-refractivity contribution in [1.82, 2.24) is 4.98 Å². The lowest BCUT2D eigenvalue weighted by molar-refractivity contribution is -0.111. The third-order valence-corrected chi connectivity index (χ3v) is 2.87. The lowest BCUT2D eigenvalue weighted by atomic mass is 10.2. The molecule has 1 aromatic carbocycles. The minimum Gasteiger partial charge on any atom is -0.496 e. The van der Waals surface area contributed by atoms with Gasteiger partial charge in [-0.2, -0.15) is 0 Å². The smallest absolute Gasteiger partial charge is 0.248 e. The van der Waals surface area contributed by atoms with Gasteiger partial charge in [0.05, 0.1) is 12.8 Å². The fourth-order valence-corrected chi connectivity index (χ4v) is 1.79. The monoisotopic (exact) mass is 288 g/mol. The van der Waals surface area contributed by atoms with Gasteiger partial charge in [0.1, 0.15) is 5.75 Å². The topological polar surface area (TPSA) is 51.2 Å². The summed E-state index contributed by atoms with van der Waals surface area (Å²) in [7, 11) is 1.59. The van der Waals surface area contributed by atoms with Crippen molar-refractivity contribution < 1.29 is 9.53 Å². The Morgan fingerprint density at radius 2 is 2.10 bits per heavy atom. The van der Waals surface area contributed by atoms with Crippen molar-refractivity contribution in [2.24, 2.45) is 0 Å². The van der Waals surface area contributed by atoms with Crippen LogP contribution in [-0.4, -0.2) is 18.0 Å². The number of methoxy groups -OCH3 is 1. The van der Waals surface area contributed by atoms with E-state index in [1.165, 1.54) is 6.08 Å². The molecule has 1 N–H and O–H groups in total. The second kappa shape index (κ2) is 6.73. The van der Waals surface area contributed by atoms with E-state index in [2.05, 4.69) is 10.3 Å². The molecule has 0 spiro atoms. The number of carbonyl (C=O) groups excluding carboxylic acids is 1. The van der Waals surface area contributed by atoms with Crippen LogP contribution >= 0.6 is 11.6 Å². The van der Waals surface area contributed by atoms with Crippen LogP contribution in [0, 0.1) is 0 Å². The first-order valence-electron chi connectivity index (χ1n) is 5.93. The molecule has 0 fully saturated rings. The number of anilines is 1. The molecule has 4 nitrogen and oxygen atoms in total. The van der Waals surface area contributed by atoms with Gasteiger partial charge in [-0.05, 0) is 24.3 Å². The Kier molecular flexibility index (Phi) is 4.74. The Balaban J connectivity index is 2.08. The summed E-state index contributed by atoms with van der Waals surface area (Å²) in [5.41, 5.74) is 1.30. The summed E-state index contributed by atoms with van der Waals surface area (Å²) in [6.07, 6.45) is 4.66. The van der Waals surface area contributed by atoms with Gasteiger partial charge in [-0.1, -0.05) is 29.8 Å². The van der Waals surface area contributed by atoms with Crippen LogP contribution in [0.1, 0.15) is 5.56 Å². The fraction of sp³-hybridized carbons (Fsp3) is 0.0667. The molecule has 1 amide bonds. The standard InChI is InChI=1S/C15H13ClN2O2/c1-20-13-7-3-2-5-11(13)8-9-14(19)18-12-6-4-10-17-15(12)16/h2-10H,1H3,(H,18,19)/b9-8+. The zero-order chi connectivity index (χ0) is 14.4. The van der Waals surface area contributed by atoms with Crippen LogP contribution in [-0.2, 0) is 4.79 Å². The first-order valence-corrected chi connectivity index (χ1v) is 6.31. The van der Waals surface area contributed by atoms with Crippen molar-refractivity contribution in [3.8, 4) is 5.75 Å². The summed E-state index contributed by atoms with van der Waals surface area (Å²) in [6.45, 7) is 0. The molecule has 0 aliphatic carbocycles. The molecular formula is C15H13ClN2O2. The molecule has 5 heteroatoms. The van der Waals surface area contributed by atoms with Crippen molar-refractivity contribution in [2.45, 2.75) is 0 Å². The molecule has 0 aliphatic heterocycles. The van der Waals surface area contributed by atoms with Crippen molar-refractivity contribution in [3.05, 3.63) is 59.4 Å². The minimum absolute atomic E-state index is 0.256. The summed E-state index contributed by atoms with van der Waals surface area (Å²) < 4.78 is 5.20. The molecule has 0 bridgehead atoms. The zero-order valence-corrected chi connectivity index (χ0v) is 11.6. The first kappa shape index (κ1) is 14.1. The number of halogens is 1. The molecule has 2 rings (SSSR count). The lowest BCUT2D eigenvalue weighted by Gasteiger charge is -2.04. The van der Waals surface area contributed by atoms with Crippen LogP contribution in [0.2, 0.25) is 5.15 Å². The number of nitrogens with zero attached hydrogens (tertiary/aromatic N) is 1. The number of amides is 1. The predicted molar refractivity (Wildman–Crippen MR) is 79.9 cm³/mol. The van der Waals surface area contributed by atoms with E-state index < -0.39 is 0 Å². The van der Waals surface area contributed by atoms with Crippen LogP contribution in [0.25, 0.3) is 6.08 Å². The Morgan fingerprint density at radius 3 is 2.85 bits per heavy atom. The molecule has 0 aliphatic rings. The van der Waals surface area contributed by atoms with E-state index in [-0.39, 0.29) is 11.1 Å². The average Bonchev–Trinajstić information content (AvgIpc) is 2.48. The maximum absolute atomic E-state index is 11.8. The molecule has 0 unspecified atom stereocenters. The summed E-state index contributed by atoms with van der Waals surface area (Å²) in [5, 5.41) is 2.91. The summed E-state index contributed by atoms with van der Waals surface area (Å²) >= 11 is 5.86. The Hall–Kier alpha value is -2.33. The van der Waals surface area contributed by atoms with E-state index in [0.29, 0.717) is 11.4 Å². The number of ether oxygens (including phenoxy) is 1. The van der Waals surface area contributed by atoms with E-state index in [1.54, 1.807) is 31.5 Å². The van der Waals surface area contributed by atoms with Gasteiger partial charge in [-0.25, -0.2) is 4.98 Å². The number of nitrogens with one attached hydrogen (secondary N) is 1. The lowest BCUT2D eigenvalue weighted by Crippen LogP contribution is -2.08. The van der Waals surface area contributed by atoms with Crippen molar-refractivity contribution in [3.63, 3.8) is 0 Å². The van der Waals surface area contributed by atoms with Gasteiger partial charge in [-0.3, -0.25) is 4.79 Å². The zero-order valence-electron chi connectivity index (χ0n) is 10.8. The van der Waals surface area contributed by atoms with Gasteiger partial charge in [-0.15, -0.1) is 0 Å². The van der Waals surface area contributed by atoms with E-state index in [9.17, 15) is 4.79 Å². The quantitative estimate of drug-likeness (QED) is 0.693. The number of carbonyl (C=O) groups is 1. The number of hydrogen-bond donors (Lipinski definition) is 1. The van der Waals surface area contributed by atoms with Gasteiger partial charge >= 0.3 is 0 Å². The predicted octanol–water partition coefficient (Wildman–Crippen LogP) is 3.40. The van der Waals surface area contributed by atoms with E-state index in [4.69, 9.17) is 16.3 Å². The van der Waals surface area contributed by atoms with Crippen LogP contribution < -0.4 is 10.1 Å². The van der Waals surface area contributed by atoms with Gasteiger partial charge < -0.3 is 10.1 Å². The second-order valence-corrected chi connectivity index (χ2v) is 4.26. The first-order chi connectivity index (χ1) is 9.70.